The van der Waals surface area contributed by atoms with Gasteiger partial charge < -0.3 is 14.3 Å². The number of fused-ring (bicyclic) bond motifs is 1. The molecule has 0 spiro atoms. The molecule has 0 amide bonds. The molecule has 0 unspecified atom stereocenters. The molecule has 0 saturated carbocycles. The number of hydrogen-bond donors (Lipinski definition) is 1. The Balaban J connectivity index is 2.78. The molecule has 0 radical (unpaired) electrons. The average molecular weight is 164 g/mol. The van der Waals surface area contributed by atoms with Gasteiger partial charge in [-0.05, 0) is 12.1 Å². The van der Waals surface area contributed by atoms with E-state index in [4.69, 9.17) is 9.15 Å². The minimum Gasteiger partial charge on any atom is -0.501 e. The molecule has 2 rings (SSSR count). The van der Waals surface area contributed by atoms with E-state index in [-0.39, 0.29) is 11.7 Å². The van der Waals surface area contributed by atoms with Crippen LogP contribution in [0.15, 0.2) is 28.7 Å². The Kier molecular flexibility index (Phi) is 1.43. The molecule has 2 aromatic rings. The maximum atomic E-state index is 9.47. The van der Waals surface area contributed by atoms with Gasteiger partial charge in [0.2, 0.25) is 5.75 Å². The SMILES string of the molecule is COc1oc2ccccc2c1O. The minimum atomic E-state index is 0.0631. The second-order valence-corrected chi connectivity index (χ2v) is 2.44. The summed E-state index contributed by atoms with van der Waals surface area (Å²) in [5.41, 5.74) is 0.631. The highest BCUT2D eigenvalue weighted by Gasteiger charge is 2.11. The van der Waals surface area contributed by atoms with E-state index in [2.05, 4.69) is 0 Å². The first-order valence-electron chi connectivity index (χ1n) is 3.57. The van der Waals surface area contributed by atoms with Crippen LogP contribution in [0.2, 0.25) is 0 Å². The van der Waals surface area contributed by atoms with Gasteiger partial charge in [-0.3, -0.25) is 0 Å². The van der Waals surface area contributed by atoms with Crippen LogP contribution in [0.5, 0.6) is 11.7 Å². The predicted octanol–water partition coefficient (Wildman–Crippen LogP) is 2.15. The molecule has 0 aliphatic rings. The van der Waals surface area contributed by atoms with Crippen molar-refractivity contribution in [2.24, 2.45) is 0 Å². The summed E-state index contributed by atoms with van der Waals surface area (Å²) >= 11 is 0. The minimum absolute atomic E-state index is 0.0631. The van der Waals surface area contributed by atoms with Gasteiger partial charge in [-0.25, -0.2) is 0 Å². The molecule has 62 valence electrons. The van der Waals surface area contributed by atoms with Crippen molar-refractivity contribution in [3.05, 3.63) is 24.3 Å². The van der Waals surface area contributed by atoms with Crippen LogP contribution in [0.3, 0.4) is 0 Å². The second kappa shape index (κ2) is 2.44. The molecule has 1 aromatic carbocycles. The van der Waals surface area contributed by atoms with Gasteiger partial charge in [0.15, 0.2) is 0 Å². The summed E-state index contributed by atoms with van der Waals surface area (Å²) in [5, 5.41) is 10.1. The molecule has 3 heteroatoms. The van der Waals surface area contributed by atoms with Crippen LogP contribution in [0.4, 0.5) is 0 Å². The van der Waals surface area contributed by atoms with Crippen molar-refractivity contribution in [2.75, 3.05) is 7.11 Å². The molecule has 0 aliphatic heterocycles. The predicted molar refractivity (Wildman–Crippen MR) is 44.4 cm³/mol. The topological polar surface area (TPSA) is 42.6 Å². The quantitative estimate of drug-likeness (QED) is 0.702. The number of rotatable bonds is 1. The standard InChI is InChI=1S/C9H8O3/c1-11-9-8(10)6-4-2-3-5-7(6)12-9/h2-5,10H,1H3. The van der Waals surface area contributed by atoms with Crippen LogP contribution >= 0.6 is 0 Å². The highest BCUT2D eigenvalue weighted by molar-refractivity contribution is 5.86. The van der Waals surface area contributed by atoms with Gasteiger partial charge in [-0.2, -0.15) is 0 Å². The first-order chi connectivity index (χ1) is 5.83. The smallest absolute Gasteiger partial charge is 0.329 e. The molecule has 0 atom stereocenters. The summed E-state index contributed by atoms with van der Waals surface area (Å²) in [6.07, 6.45) is 0. The van der Waals surface area contributed by atoms with Crippen LogP contribution in [0.25, 0.3) is 11.0 Å². The third-order valence-corrected chi connectivity index (χ3v) is 1.72. The van der Waals surface area contributed by atoms with E-state index in [0.29, 0.717) is 11.0 Å². The highest BCUT2D eigenvalue weighted by Crippen LogP contribution is 2.37. The van der Waals surface area contributed by atoms with Crippen molar-refractivity contribution in [1.29, 1.82) is 0 Å². The maximum Gasteiger partial charge on any atom is 0.329 e. The number of ether oxygens (including phenoxy) is 1. The zero-order chi connectivity index (χ0) is 8.55. The van der Waals surface area contributed by atoms with Crippen LogP contribution in [0, 0.1) is 0 Å². The molecule has 0 aliphatic carbocycles. The zero-order valence-corrected chi connectivity index (χ0v) is 6.57. The Hall–Kier alpha value is -1.64. The second-order valence-electron chi connectivity index (χ2n) is 2.44. The lowest BCUT2D eigenvalue weighted by Crippen LogP contribution is -1.77. The summed E-state index contributed by atoms with van der Waals surface area (Å²) in [5.74, 6) is 0.226. The Morgan fingerprint density at radius 2 is 2.08 bits per heavy atom. The lowest BCUT2D eigenvalue weighted by atomic mass is 10.2. The molecule has 1 aromatic heterocycles. The summed E-state index contributed by atoms with van der Waals surface area (Å²) in [4.78, 5) is 0. The Labute approximate surface area is 69.2 Å². The van der Waals surface area contributed by atoms with Gasteiger partial charge in [-0.15, -0.1) is 0 Å². The van der Waals surface area contributed by atoms with E-state index in [1.807, 2.05) is 12.1 Å². The zero-order valence-electron chi connectivity index (χ0n) is 6.57. The number of para-hydroxylation sites is 1. The van der Waals surface area contributed by atoms with Crippen LogP contribution in [0.1, 0.15) is 0 Å². The number of aromatic hydroxyl groups is 1. The third kappa shape index (κ3) is 0.830. The van der Waals surface area contributed by atoms with Crippen molar-refractivity contribution in [2.45, 2.75) is 0 Å². The van der Waals surface area contributed by atoms with Gasteiger partial charge in [0.25, 0.3) is 0 Å². The van der Waals surface area contributed by atoms with Gasteiger partial charge in [0, 0.05) is 0 Å². The Morgan fingerprint density at radius 1 is 1.33 bits per heavy atom. The molecule has 1 heterocycles. The van der Waals surface area contributed by atoms with E-state index in [0.717, 1.165) is 0 Å². The molecule has 3 nitrogen and oxygen atoms in total. The van der Waals surface area contributed by atoms with Gasteiger partial charge in [0.05, 0.1) is 12.5 Å². The van der Waals surface area contributed by atoms with Crippen molar-refractivity contribution in [3.8, 4) is 11.7 Å². The molecular formula is C9H8O3. The van der Waals surface area contributed by atoms with Crippen LogP contribution in [-0.2, 0) is 0 Å². The number of hydrogen-bond acceptors (Lipinski definition) is 3. The van der Waals surface area contributed by atoms with Crippen molar-refractivity contribution >= 4 is 11.0 Å². The number of methoxy groups -OCH3 is 1. The van der Waals surface area contributed by atoms with E-state index < -0.39 is 0 Å². The summed E-state index contributed by atoms with van der Waals surface area (Å²) in [7, 11) is 1.46. The van der Waals surface area contributed by atoms with Crippen LogP contribution in [-0.4, -0.2) is 12.2 Å². The number of furan rings is 1. The fraction of sp³-hybridized carbons (Fsp3) is 0.111. The molecule has 0 saturated heterocycles. The van der Waals surface area contributed by atoms with Gasteiger partial charge >= 0.3 is 5.95 Å². The first-order valence-corrected chi connectivity index (χ1v) is 3.57. The van der Waals surface area contributed by atoms with Crippen LogP contribution < -0.4 is 4.74 Å². The Bertz CT molecular complexity index is 403. The lowest BCUT2D eigenvalue weighted by molar-refractivity contribution is 0.293. The van der Waals surface area contributed by atoms with Gasteiger partial charge in [0.1, 0.15) is 5.58 Å². The van der Waals surface area contributed by atoms with E-state index in [1.54, 1.807) is 12.1 Å². The van der Waals surface area contributed by atoms with Crippen molar-refractivity contribution in [3.63, 3.8) is 0 Å². The number of benzene rings is 1. The van der Waals surface area contributed by atoms with E-state index >= 15 is 0 Å². The Morgan fingerprint density at radius 3 is 2.75 bits per heavy atom. The average Bonchev–Trinajstić information content (AvgIpc) is 2.44. The fourth-order valence-corrected chi connectivity index (χ4v) is 1.15. The highest BCUT2D eigenvalue weighted by atomic mass is 16.6. The maximum absolute atomic E-state index is 9.47. The molecular weight excluding hydrogens is 156 g/mol. The van der Waals surface area contributed by atoms with E-state index in [9.17, 15) is 5.11 Å². The normalized spacial score (nSPS) is 10.4. The van der Waals surface area contributed by atoms with Crippen molar-refractivity contribution < 1.29 is 14.3 Å². The molecule has 12 heavy (non-hydrogen) atoms. The monoisotopic (exact) mass is 164 g/mol. The molecule has 0 fully saturated rings. The summed E-state index contributed by atoms with van der Waals surface area (Å²) in [6.45, 7) is 0. The van der Waals surface area contributed by atoms with Crippen molar-refractivity contribution in [1.82, 2.24) is 0 Å². The largest absolute Gasteiger partial charge is 0.501 e. The fourth-order valence-electron chi connectivity index (χ4n) is 1.15. The molecule has 1 N–H and O–H groups in total. The van der Waals surface area contributed by atoms with Gasteiger partial charge in [-0.1, -0.05) is 12.1 Å². The van der Waals surface area contributed by atoms with E-state index in [1.165, 1.54) is 7.11 Å². The third-order valence-electron chi connectivity index (χ3n) is 1.72. The summed E-state index contributed by atoms with van der Waals surface area (Å²) < 4.78 is 9.99. The first kappa shape index (κ1) is 7.03. The lowest BCUT2D eigenvalue weighted by Gasteiger charge is -1.90. The molecule has 0 bridgehead atoms. The summed E-state index contributed by atoms with van der Waals surface area (Å²) in [6, 6.07) is 7.22.